The highest BCUT2D eigenvalue weighted by molar-refractivity contribution is 5.34. The normalized spacial score (nSPS) is 18.7. The second-order valence-electron chi connectivity index (χ2n) is 4.24. The van der Waals surface area contributed by atoms with Gasteiger partial charge in [0.15, 0.2) is 6.29 Å². The van der Waals surface area contributed by atoms with Gasteiger partial charge in [-0.15, -0.1) is 0 Å². The molecule has 1 N–H and O–H groups in total. The number of methoxy groups -OCH3 is 2. The second kappa shape index (κ2) is 5.58. The lowest BCUT2D eigenvalue weighted by atomic mass is 10.1. The fourth-order valence-corrected chi connectivity index (χ4v) is 2.30. The monoisotopic (exact) mass is 239 g/mol. The van der Waals surface area contributed by atoms with Crippen LogP contribution in [0.5, 0.6) is 0 Å². The van der Waals surface area contributed by atoms with Gasteiger partial charge in [0, 0.05) is 26.8 Å². The van der Waals surface area contributed by atoms with Gasteiger partial charge in [-0.1, -0.05) is 6.07 Å². The van der Waals surface area contributed by atoms with E-state index in [4.69, 9.17) is 9.47 Å². The molecule has 0 saturated carbocycles. The summed E-state index contributed by atoms with van der Waals surface area (Å²) in [7, 11) is 3.24. The van der Waals surface area contributed by atoms with Gasteiger partial charge in [0.2, 0.25) is 0 Å². The first-order chi connectivity index (χ1) is 8.24. The zero-order chi connectivity index (χ0) is 12.3. The van der Waals surface area contributed by atoms with E-state index in [1.807, 2.05) is 6.07 Å². The zero-order valence-corrected chi connectivity index (χ0v) is 10.2. The summed E-state index contributed by atoms with van der Waals surface area (Å²) in [5.74, 6) is -0.156. The Balaban J connectivity index is 1.97. The first kappa shape index (κ1) is 12.5. The first-order valence-electron chi connectivity index (χ1n) is 5.82. The standard InChI is InChI=1S/C13H18FNO2/c1-16-13(17-2)8-15-12-6-3-9-7-10(14)4-5-11(9)12/h4-5,7,12-13,15H,3,6,8H2,1-2H3. The summed E-state index contributed by atoms with van der Waals surface area (Å²) in [6.45, 7) is 0.633. The van der Waals surface area contributed by atoms with E-state index in [2.05, 4.69) is 5.32 Å². The number of benzene rings is 1. The molecule has 1 aliphatic rings. The Morgan fingerprint density at radius 3 is 2.88 bits per heavy atom. The lowest BCUT2D eigenvalue weighted by Gasteiger charge is -2.18. The number of nitrogens with one attached hydrogen (secondary N) is 1. The van der Waals surface area contributed by atoms with Crippen molar-refractivity contribution in [3.05, 3.63) is 35.1 Å². The number of ether oxygens (including phenoxy) is 2. The fourth-order valence-electron chi connectivity index (χ4n) is 2.30. The van der Waals surface area contributed by atoms with Crippen molar-refractivity contribution < 1.29 is 13.9 Å². The molecular weight excluding hydrogens is 221 g/mol. The minimum atomic E-state index is -0.237. The number of aryl methyl sites for hydroxylation is 1. The SMILES string of the molecule is COC(CNC1CCc2cc(F)ccc21)OC. The molecule has 0 bridgehead atoms. The van der Waals surface area contributed by atoms with Crippen LogP contribution in [0.4, 0.5) is 4.39 Å². The Hall–Kier alpha value is -0.970. The second-order valence-corrected chi connectivity index (χ2v) is 4.24. The molecule has 4 heteroatoms. The average Bonchev–Trinajstić information content (AvgIpc) is 2.73. The average molecular weight is 239 g/mol. The quantitative estimate of drug-likeness (QED) is 0.797. The predicted molar refractivity (Wildman–Crippen MR) is 63.3 cm³/mol. The van der Waals surface area contributed by atoms with E-state index in [0.29, 0.717) is 6.54 Å². The molecule has 1 aromatic carbocycles. The van der Waals surface area contributed by atoms with Crippen LogP contribution in [0.2, 0.25) is 0 Å². The maximum absolute atomic E-state index is 13.1. The Labute approximate surface area is 101 Å². The van der Waals surface area contributed by atoms with Crippen molar-refractivity contribution in [3.63, 3.8) is 0 Å². The Kier molecular flexibility index (Phi) is 4.10. The summed E-state index contributed by atoms with van der Waals surface area (Å²) in [6, 6.07) is 5.28. The Morgan fingerprint density at radius 1 is 1.41 bits per heavy atom. The van der Waals surface area contributed by atoms with Crippen molar-refractivity contribution in [2.24, 2.45) is 0 Å². The molecule has 17 heavy (non-hydrogen) atoms. The van der Waals surface area contributed by atoms with E-state index in [1.54, 1.807) is 20.3 Å². The van der Waals surface area contributed by atoms with Gasteiger partial charge < -0.3 is 14.8 Å². The molecule has 0 heterocycles. The van der Waals surface area contributed by atoms with Crippen LogP contribution in [-0.4, -0.2) is 27.1 Å². The molecule has 0 amide bonds. The topological polar surface area (TPSA) is 30.5 Å². The van der Waals surface area contributed by atoms with E-state index in [-0.39, 0.29) is 18.1 Å². The largest absolute Gasteiger partial charge is 0.355 e. The van der Waals surface area contributed by atoms with E-state index in [9.17, 15) is 4.39 Å². The molecule has 0 fully saturated rings. The van der Waals surface area contributed by atoms with E-state index in [0.717, 1.165) is 18.4 Å². The molecule has 0 saturated heterocycles. The third-order valence-electron chi connectivity index (χ3n) is 3.24. The van der Waals surface area contributed by atoms with Crippen LogP contribution in [-0.2, 0) is 15.9 Å². The smallest absolute Gasteiger partial charge is 0.169 e. The minimum Gasteiger partial charge on any atom is -0.355 e. The highest BCUT2D eigenvalue weighted by Gasteiger charge is 2.23. The predicted octanol–water partition coefficient (Wildman–Crippen LogP) is 2.02. The van der Waals surface area contributed by atoms with E-state index < -0.39 is 0 Å². The van der Waals surface area contributed by atoms with Crippen LogP contribution in [0, 0.1) is 5.82 Å². The van der Waals surface area contributed by atoms with Crippen LogP contribution < -0.4 is 5.32 Å². The molecule has 2 rings (SSSR count). The molecular formula is C13H18FNO2. The molecule has 1 unspecified atom stereocenters. The van der Waals surface area contributed by atoms with Crippen LogP contribution in [0.1, 0.15) is 23.6 Å². The molecule has 0 aromatic heterocycles. The third kappa shape index (κ3) is 2.83. The summed E-state index contributed by atoms with van der Waals surface area (Å²) < 4.78 is 23.3. The molecule has 0 radical (unpaired) electrons. The maximum atomic E-state index is 13.1. The van der Waals surface area contributed by atoms with E-state index >= 15 is 0 Å². The molecule has 0 aliphatic heterocycles. The number of fused-ring (bicyclic) bond motifs is 1. The third-order valence-corrected chi connectivity index (χ3v) is 3.24. The molecule has 1 atom stereocenters. The summed E-state index contributed by atoms with van der Waals surface area (Å²) >= 11 is 0. The lowest BCUT2D eigenvalue weighted by molar-refractivity contribution is -0.0999. The number of hydrogen-bond acceptors (Lipinski definition) is 3. The lowest BCUT2D eigenvalue weighted by Crippen LogP contribution is -2.31. The summed E-state index contributed by atoms with van der Waals surface area (Å²) in [4.78, 5) is 0. The minimum absolute atomic E-state index is 0.156. The maximum Gasteiger partial charge on any atom is 0.169 e. The van der Waals surface area contributed by atoms with Crippen LogP contribution in [0.15, 0.2) is 18.2 Å². The van der Waals surface area contributed by atoms with E-state index in [1.165, 1.54) is 11.6 Å². The van der Waals surface area contributed by atoms with Crippen LogP contribution in [0.25, 0.3) is 0 Å². The van der Waals surface area contributed by atoms with Crippen molar-refractivity contribution in [3.8, 4) is 0 Å². The van der Waals surface area contributed by atoms with Crippen molar-refractivity contribution >= 4 is 0 Å². The Bertz CT molecular complexity index is 380. The summed E-state index contributed by atoms with van der Waals surface area (Å²) in [5.41, 5.74) is 2.30. The van der Waals surface area contributed by atoms with Crippen LogP contribution >= 0.6 is 0 Å². The van der Waals surface area contributed by atoms with Gasteiger partial charge in [-0.2, -0.15) is 0 Å². The fraction of sp³-hybridized carbons (Fsp3) is 0.538. The Morgan fingerprint density at radius 2 is 2.18 bits per heavy atom. The first-order valence-corrected chi connectivity index (χ1v) is 5.82. The molecule has 3 nitrogen and oxygen atoms in total. The number of rotatable bonds is 5. The molecule has 94 valence electrons. The summed E-state index contributed by atoms with van der Waals surface area (Å²) in [6.07, 6.45) is 1.69. The highest BCUT2D eigenvalue weighted by atomic mass is 19.1. The molecule has 1 aromatic rings. The molecule has 1 aliphatic carbocycles. The zero-order valence-electron chi connectivity index (χ0n) is 10.2. The van der Waals surface area contributed by atoms with Crippen molar-refractivity contribution in [1.29, 1.82) is 0 Å². The van der Waals surface area contributed by atoms with Gasteiger partial charge in [0.1, 0.15) is 5.82 Å². The van der Waals surface area contributed by atoms with Gasteiger partial charge in [-0.3, -0.25) is 0 Å². The van der Waals surface area contributed by atoms with Gasteiger partial charge in [-0.25, -0.2) is 4.39 Å². The molecule has 0 spiro atoms. The summed E-state index contributed by atoms with van der Waals surface area (Å²) in [5, 5.41) is 3.39. The van der Waals surface area contributed by atoms with Crippen molar-refractivity contribution in [2.45, 2.75) is 25.2 Å². The van der Waals surface area contributed by atoms with Gasteiger partial charge >= 0.3 is 0 Å². The van der Waals surface area contributed by atoms with Gasteiger partial charge in [-0.05, 0) is 36.1 Å². The highest BCUT2D eigenvalue weighted by Crippen LogP contribution is 2.31. The number of halogens is 1. The van der Waals surface area contributed by atoms with Crippen molar-refractivity contribution in [1.82, 2.24) is 5.32 Å². The van der Waals surface area contributed by atoms with Crippen LogP contribution in [0.3, 0.4) is 0 Å². The number of hydrogen-bond donors (Lipinski definition) is 1. The van der Waals surface area contributed by atoms with Gasteiger partial charge in [0.25, 0.3) is 0 Å². The van der Waals surface area contributed by atoms with Gasteiger partial charge in [0.05, 0.1) is 0 Å². The van der Waals surface area contributed by atoms with Crippen molar-refractivity contribution in [2.75, 3.05) is 20.8 Å².